The number of hydrogen-bond acceptors (Lipinski definition) is 2. The van der Waals surface area contributed by atoms with Gasteiger partial charge in [0.25, 0.3) is 0 Å². The molecule has 1 fully saturated rings. The molecule has 1 aliphatic heterocycles. The minimum atomic E-state index is 0.166. The van der Waals surface area contributed by atoms with Gasteiger partial charge in [-0.3, -0.25) is 4.79 Å². The number of Topliss-reactive ketones (excluding diaryl/α,β-unsaturated/α-hetero) is 1. The number of piperidine rings is 1. The van der Waals surface area contributed by atoms with E-state index in [1.807, 2.05) is 19.1 Å². The summed E-state index contributed by atoms with van der Waals surface area (Å²) in [5.41, 5.74) is 1.81. The van der Waals surface area contributed by atoms with E-state index in [1.54, 1.807) is 6.07 Å². The molecular weight excluding hydrogens is 222 g/mol. The van der Waals surface area contributed by atoms with E-state index in [1.165, 1.54) is 0 Å². The van der Waals surface area contributed by atoms with Gasteiger partial charge in [-0.1, -0.05) is 11.6 Å². The average molecular weight is 238 g/mol. The predicted molar refractivity (Wildman–Crippen MR) is 66.1 cm³/mol. The maximum absolute atomic E-state index is 12.2. The van der Waals surface area contributed by atoms with Crippen molar-refractivity contribution in [1.29, 1.82) is 0 Å². The lowest BCUT2D eigenvalue weighted by molar-refractivity contribution is 0.0895. The number of halogens is 1. The molecule has 1 aromatic carbocycles. The summed E-state index contributed by atoms with van der Waals surface area (Å²) >= 11 is 5.97. The zero-order valence-electron chi connectivity index (χ0n) is 9.42. The van der Waals surface area contributed by atoms with Crippen LogP contribution in [0.4, 0.5) is 0 Å². The molecule has 0 aromatic heterocycles. The molecule has 0 aliphatic carbocycles. The lowest BCUT2D eigenvalue weighted by Crippen LogP contribution is -2.31. The number of carbonyl (C=O) groups is 1. The highest BCUT2D eigenvalue weighted by molar-refractivity contribution is 6.31. The first-order valence-electron chi connectivity index (χ1n) is 5.69. The second-order valence-corrected chi connectivity index (χ2v) is 4.84. The van der Waals surface area contributed by atoms with E-state index in [9.17, 15) is 4.79 Å². The summed E-state index contributed by atoms with van der Waals surface area (Å²) in [6.07, 6.45) is 1.87. The molecule has 0 bridgehead atoms. The molecule has 0 saturated carbocycles. The van der Waals surface area contributed by atoms with Crippen molar-refractivity contribution in [3.8, 4) is 0 Å². The quantitative estimate of drug-likeness (QED) is 0.802. The van der Waals surface area contributed by atoms with E-state index >= 15 is 0 Å². The van der Waals surface area contributed by atoms with Crippen LogP contribution in [0.5, 0.6) is 0 Å². The van der Waals surface area contributed by atoms with Crippen molar-refractivity contribution in [2.24, 2.45) is 5.92 Å². The number of benzene rings is 1. The number of rotatable bonds is 2. The Hall–Kier alpha value is -0.860. The number of hydrogen-bond donors (Lipinski definition) is 1. The highest BCUT2D eigenvalue weighted by Gasteiger charge is 2.22. The van der Waals surface area contributed by atoms with Crippen LogP contribution in [-0.4, -0.2) is 18.9 Å². The number of nitrogens with one attached hydrogen (secondary N) is 1. The Labute approximate surface area is 101 Å². The van der Waals surface area contributed by atoms with Gasteiger partial charge < -0.3 is 5.32 Å². The SMILES string of the molecule is Cc1cc(Cl)cc(C(=O)C2CCNCC2)c1. The van der Waals surface area contributed by atoms with Crippen molar-refractivity contribution >= 4 is 17.4 Å². The zero-order chi connectivity index (χ0) is 11.5. The van der Waals surface area contributed by atoms with Crippen molar-refractivity contribution in [2.75, 3.05) is 13.1 Å². The maximum Gasteiger partial charge on any atom is 0.166 e. The molecule has 1 N–H and O–H groups in total. The van der Waals surface area contributed by atoms with E-state index in [2.05, 4.69) is 5.32 Å². The summed E-state index contributed by atoms with van der Waals surface area (Å²) in [6.45, 7) is 3.84. The molecule has 2 rings (SSSR count). The first-order chi connectivity index (χ1) is 7.66. The van der Waals surface area contributed by atoms with Gasteiger partial charge in [-0.2, -0.15) is 0 Å². The van der Waals surface area contributed by atoms with Crippen LogP contribution in [0.2, 0.25) is 5.02 Å². The molecular formula is C13H16ClNO. The van der Waals surface area contributed by atoms with Gasteiger partial charge in [0.1, 0.15) is 0 Å². The van der Waals surface area contributed by atoms with Crippen molar-refractivity contribution in [2.45, 2.75) is 19.8 Å². The van der Waals surface area contributed by atoms with Gasteiger partial charge in [0, 0.05) is 16.5 Å². The predicted octanol–water partition coefficient (Wildman–Crippen LogP) is 2.83. The van der Waals surface area contributed by atoms with Crippen LogP contribution in [-0.2, 0) is 0 Å². The molecule has 0 spiro atoms. The van der Waals surface area contributed by atoms with Gasteiger partial charge in [-0.25, -0.2) is 0 Å². The fourth-order valence-electron chi connectivity index (χ4n) is 2.20. The van der Waals surface area contributed by atoms with Gasteiger partial charge in [0.15, 0.2) is 5.78 Å². The largest absolute Gasteiger partial charge is 0.317 e. The third-order valence-electron chi connectivity index (χ3n) is 3.04. The van der Waals surface area contributed by atoms with E-state index in [-0.39, 0.29) is 11.7 Å². The Bertz CT molecular complexity index is 377. The second-order valence-electron chi connectivity index (χ2n) is 4.41. The topological polar surface area (TPSA) is 29.1 Å². The summed E-state index contributed by atoms with van der Waals surface area (Å²) in [5.74, 6) is 0.409. The molecule has 0 radical (unpaired) electrons. The van der Waals surface area contributed by atoms with Gasteiger partial charge in [0.2, 0.25) is 0 Å². The van der Waals surface area contributed by atoms with Gasteiger partial charge in [0.05, 0.1) is 0 Å². The Kier molecular flexibility index (Phi) is 3.62. The van der Waals surface area contributed by atoms with Crippen molar-refractivity contribution in [1.82, 2.24) is 5.32 Å². The molecule has 0 amide bonds. The van der Waals surface area contributed by atoms with Crippen molar-refractivity contribution < 1.29 is 4.79 Å². The maximum atomic E-state index is 12.2. The first-order valence-corrected chi connectivity index (χ1v) is 6.07. The molecule has 3 heteroatoms. The summed E-state index contributed by atoms with van der Waals surface area (Å²) < 4.78 is 0. The smallest absolute Gasteiger partial charge is 0.166 e. The second kappa shape index (κ2) is 4.98. The van der Waals surface area contributed by atoms with Crippen LogP contribution < -0.4 is 5.32 Å². The fourth-order valence-corrected chi connectivity index (χ4v) is 2.49. The summed E-state index contributed by atoms with van der Waals surface area (Å²) in [6, 6.07) is 5.58. The van der Waals surface area contributed by atoms with Crippen molar-refractivity contribution in [3.05, 3.63) is 34.3 Å². The zero-order valence-corrected chi connectivity index (χ0v) is 10.2. The molecule has 1 aliphatic rings. The Balaban J connectivity index is 2.19. The fraction of sp³-hybridized carbons (Fsp3) is 0.462. The van der Waals surface area contributed by atoms with E-state index in [0.717, 1.165) is 37.1 Å². The van der Waals surface area contributed by atoms with Crippen LogP contribution >= 0.6 is 11.6 Å². The van der Waals surface area contributed by atoms with Crippen LogP contribution in [0.3, 0.4) is 0 Å². The van der Waals surface area contributed by atoms with Crippen LogP contribution in [0.1, 0.15) is 28.8 Å². The monoisotopic (exact) mass is 237 g/mol. The van der Waals surface area contributed by atoms with Gasteiger partial charge in [-0.15, -0.1) is 0 Å². The third-order valence-corrected chi connectivity index (χ3v) is 3.25. The molecule has 86 valence electrons. The highest BCUT2D eigenvalue weighted by atomic mass is 35.5. The van der Waals surface area contributed by atoms with E-state index in [4.69, 9.17) is 11.6 Å². The van der Waals surface area contributed by atoms with Crippen molar-refractivity contribution in [3.63, 3.8) is 0 Å². The molecule has 1 saturated heterocycles. The summed E-state index contributed by atoms with van der Waals surface area (Å²) in [5, 5.41) is 3.92. The molecule has 0 atom stereocenters. The standard InChI is InChI=1S/C13H16ClNO/c1-9-6-11(8-12(14)7-9)13(16)10-2-4-15-5-3-10/h6-8,10,15H,2-5H2,1H3. The number of carbonyl (C=O) groups excluding carboxylic acids is 1. The lowest BCUT2D eigenvalue weighted by atomic mass is 9.89. The van der Waals surface area contributed by atoms with Gasteiger partial charge >= 0.3 is 0 Å². The van der Waals surface area contributed by atoms with E-state index in [0.29, 0.717) is 5.02 Å². The molecule has 16 heavy (non-hydrogen) atoms. The van der Waals surface area contributed by atoms with Crippen LogP contribution in [0, 0.1) is 12.8 Å². The number of ketones is 1. The van der Waals surface area contributed by atoms with Crippen LogP contribution in [0.15, 0.2) is 18.2 Å². The Morgan fingerprint density at radius 2 is 2.00 bits per heavy atom. The molecule has 2 nitrogen and oxygen atoms in total. The Morgan fingerprint density at radius 1 is 1.31 bits per heavy atom. The van der Waals surface area contributed by atoms with E-state index < -0.39 is 0 Å². The average Bonchev–Trinajstić information content (AvgIpc) is 2.28. The Morgan fingerprint density at radius 3 is 2.62 bits per heavy atom. The third kappa shape index (κ3) is 2.63. The minimum Gasteiger partial charge on any atom is -0.317 e. The van der Waals surface area contributed by atoms with Gasteiger partial charge in [-0.05, 0) is 56.6 Å². The molecule has 0 unspecified atom stereocenters. The van der Waals surface area contributed by atoms with Crippen LogP contribution in [0.25, 0.3) is 0 Å². The summed E-state index contributed by atoms with van der Waals surface area (Å²) in [7, 11) is 0. The number of aryl methyl sites for hydroxylation is 1. The molecule has 1 aromatic rings. The first kappa shape index (κ1) is 11.6. The highest BCUT2D eigenvalue weighted by Crippen LogP contribution is 2.21. The normalized spacial score (nSPS) is 17.4. The lowest BCUT2D eigenvalue weighted by Gasteiger charge is -2.21. The molecule has 1 heterocycles. The summed E-state index contributed by atoms with van der Waals surface area (Å²) in [4.78, 5) is 12.2. The minimum absolute atomic E-state index is 0.166.